The number of hydrogen-bond acceptors (Lipinski definition) is 5. The van der Waals surface area contributed by atoms with Crippen LogP contribution >= 0.6 is 11.6 Å². The molecule has 6 nitrogen and oxygen atoms in total. The molecule has 22 heavy (non-hydrogen) atoms. The van der Waals surface area contributed by atoms with E-state index in [0.29, 0.717) is 10.5 Å². The van der Waals surface area contributed by atoms with Crippen LogP contribution in [0.15, 0.2) is 18.2 Å². The molecular formula is C13H19BClN3O3W. The van der Waals surface area contributed by atoms with E-state index in [2.05, 4.69) is 27.0 Å². The summed E-state index contributed by atoms with van der Waals surface area (Å²) < 4.78 is 4.63. The van der Waals surface area contributed by atoms with E-state index in [9.17, 15) is 4.79 Å². The summed E-state index contributed by atoms with van der Waals surface area (Å²) in [5, 5.41) is 6.59. The topological polar surface area (TPSA) is 93.4 Å². The molecule has 0 saturated carbocycles. The number of carbonyl (C=O) groups is 1. The summed E-state index contributed by atoms with van der Waals surface area (Å²) in [7, 11) is 1.15. The Balaban J connectivity index is 0. The molecule has 2 rings (SSSR count). The van der Waals surface area contributed by atoms with Gasteiger partial charge in [0.15, 0.2) is 0 Å². The van der Waals surface area contributed by atoms with Crippen molar-refractivity contribution in [2.45, 2.75) is 12.8 Å². The molecule has 0 unspecified atom stereocenters. The van der Waals surface area contributed by atoms with Crippen LogP contribution in [0.1, 0.15) is 12.8 Å². The van der Waals surface area contributed by atoms with Crippen LogP contribution in [0.3, 0.4) is 0 Å². The number of amides is 1. The average molecular weight is 495 g/mol. The minimum atomic E-state index is -0.519. The van der Waals surface area contributed by atoms with E-state index in [1.54, 1.807) is 25.2 Å². The summed E-state index contributed by atoms with van der Waals surface area (Å²) in [6.45, 7) is 3.87. The van der Waals surface area contributed by atoms with Crippen LogP contribution < -0.4 is 21.7 Å². The Kier molecular flexibility index (Phi) is 17.5. The van der Waals surface area contributed by atoms with Gasteiger partial charge in [0, 0.05) is 0 Å². The molecular weight excluding hydrogens is 476 g/mol. The zero-order valence-corrected chi connectivity index (χ0v) is 16.0. The van der Waals surface area contributed by atoms with Crippen molar-refractivity contribution in [1.29, 1.82) is 0 Å². The van der Waals surface area contributed by atoms with Crippen LogP contribution in [0.4, 0.5) is 0 Å². The number of rotatable bonds is 4. The zero-order chi connectivity index (χ0) is 15.9. The van der Waals surface area contributed by atoms with Gasteiger partial charge in [0.05, 0.1) is 0 Å². The van der Waals surface area contributed by atoms with E-state index in [-0.39, 0.29) is 27.5 Å². The summed E-state index contributed by atoms with van der Waals surface area (Å²) >= 11 is 5.67. The molecule has 1 saturated heterocycles. The summed E-state index contributed by atoms with van der Waals surface area (Å²) in [6, 6.07) is 7.90. The van der Waals surface area contributed by atoms with Crippen molar-refractivity contribution in [3.05, 3.63) is 29.3 Å². The van der Waals surface area contributed by atoms with Crippen molar-refractivity contribution in [2.24, 2.45) is 5.73 Å². The quantitative estimate of drug-likeness (QED) is 0.301. The Labute approximate surface area is 150 Å². The van der Waals surface area contributed by atoms with E-state index in [1.165, 1.54) is 32.4 Å². The third kappa shape index (κ3) is 11.7. The van der Waals surface area contributed by atoms with Crippen LogP contribution in [0.2, 0.25) is 5.02 Å². The fraction of sp³-hybridized carbons (Fsp3) is 0.385. The first-order chi connectivity index (χ1) is 10.2. The predicted molar refractivity (Wildman–Crippen MR) is 83.9 cm³/mol. The molecule has 1 aliphatic rings. The summed E-state index contributed by atoms with van der Waals surface area (Å²) in [6.07, 6.45) is 3.03. The van der Waals surface area contributed by atoms with Gasteiger partial charge >= 0.3 is 28.1 Å². The molecule has 0 aliphatic carbocycles. The third-order valence-electron chi connectivity index (χ3n) is 2.47. The second-order valence-electron chi connectivity index (χ2n) is 3.93. The van der Waals surface area contributed by atoms with E-state index >= 15 is 0 Å². The number of nitrogens with two attached hydrogens (primary N) is 1. The molecule has 1 amide bonds. The Morgan fingerprint density at radius 1 is 1.50 bits per heavy atom. The van der Waals surface area contributed by atoms with Crippen LogP contribution in [0.5, 0.6) is 0 Å². The molecule has 1 fully saturated rings. The molecule has 0 bridgehead atoms. The normalized spacial score (nSPS) is 11.5. The minimum absolute atomic E-state index is 0. The molecule has 4 N–H and O–H groups in total. The molecule has 0 spiro atoms. The molecule has 1 aromatic rings. The summed E-state index contributed by atoms with van der Waals surface area (Å²) in [4.78, 5) is 18.6. The maximum Gasteiger partial charge on any atom is 2.00 e. The molecule has 9 heteroatoms. The molecule has 1 heterocycles. The fourth-order valence-corrected chi connectivity index (χ4v) is 1.65. The fourth-order valence-electron chi connectivity index (χ4n) is 1.53. The Morgan fingerprint density at radius 3 is 2.41 bits per heavy atom. The van der Waals surface area contributed by atoms with E-state index in [0.717, 1.165) is 0 Å². The molecule has 0 atom stereocenters. The predicted octanol–water partition coefficient (Wildman–Crippen LogP) is -0.393. The summed E-state index contributed by atoms with van der Waals surface area (Å²) in [5.74, 6) is 0. The van der Waals surface area contributed by atoms with Gasteiger partial charge in [-0.2, -0.15) is 35.9 Å². The standard InChI is InChI=1S/C8H7BClNO2.C4H9N.CH3NO.W/c1-11-9(13-6-12)7-2-4-8(10)5-3-7;1-2-4-5-3-1;2-1-3;/h2,4-5,11H,1H3;5H,1-4H2;1H,(H2,2,3);/q-2;;;+2. The van der Waals surface area contributed by atoms with Gasteiger partial charge in [-0.1, -0.05) is 11.5 Å². The van der Waals surface area contributed by atoms with Crippen molar-refractivity contribution in [3.8, 4) is 0 Å². The SMILES string of the molecule is C1CCNC1.CNB(O[C-]=O)c1[c-]cc(Cl)cc1.NC=O.[W+2]. The van der Waals surface area contributed by atoms with Gasteiger partial charge in [-0.15, -0.1) is 5.46 Å². The van der Waals surface area contributed by atoms with Crippen LogP contribution in [-0.4, -0.2) is 40.1 Å². The van der Waals surface area contributed by atoms with Crippen molar-refractivity contribution in [2.75, 3.05) is 20.1 Å². The maximum absolute atomic E-state index is 9.99. The number of carbonyl (C=O) groups excluding carboxylic acids is 2. The van der Waals surface area contributed by atoms with Crippen LogP contribution in [0.25, 0.3) is 0 Å². The van der Waals surface area contributed by atoms with Gasteiger partial charge in [0.1, 0.15) is 0 Å². The molecule has 1 aromatic carbocycles. The van der Waals surface area contributed by atoms with Crippen molar-refractivity contribution in [3.63, 3.8) is 0 Å². The third-order valence-corrected chi connectivity index (χ3v) is 2.70. The van der Waals surface area contributed by atoms with Crippen LogP contribution in [-0.2, 0) is 35.3 Å². The molecule has 0 radical (unpaired) electrons. The van der Waals surface area contributed by atoms with Gasteiger partial charge in [-0.05, 0) is 33.0 Å². The number of benzene rings is 1. The van der Waals surface area contributed by atoms with Gasteiger partial charge in [0.2, 0.25) is 6.41 Å². The Hall–Kier alpha value is -0.877. The van der Waals surface area contributed by atoms with Gasteiger partial charge in [-0.3, -0.25) is 4.79 Å². The molecule has 1 aliphatic heterocycles. The second kappa shape index (κ2) is 16.5. The zero-order valence-electron chi connectivity index (χ0n) is 12.3. The Bertz CT molecular complexity index is 387. The number of halogens is 1. The van der Waals surface area contributed by atoms with Gasteiger partial charge in [-0.25, -0.2) is 0 Å². The minimum Gasteiger partial charge on any atom is -0.712 e. The Morgan fingerprint density at radius 2 is 2.09 bits per heavy atom. The average Bonchev–Trinajstić information content (AvgIpc) is 3.06. The first-order valence-electron chi connectivity index (χ1n) is 6.42. The van der Waals surface area contributed by atoms with Crippen molar-refractivity contribution >= 4 is 37.0 Å². The number of primary amides is 1. The maximum atomic E-state index is 9.99. The molecule has 120 valence electrons. The summed E-state index contributed by atoms with van der Waals surface area (Å²) in [5.41, 5.74) is 4.87. The smallest absolute Gasteiger partial charge is 0.712 e. The van der Waals surface area contributed by atoms with Gasteiger partial charge in [0.25, 0.3) is 0 Å². The molecule has 0 aromatic heterocycles. The largest absolute Gasteiger partial charge is 2.00 e. The number of nitrogens with one attached hydrogen (secondary N) is 2. The van der Waals surface area contributed by atoms with E-state index < -0.39 is 7.05 Å². The van der Waals surface area contributed by atoms with Crippen molar-refractivity contribution in [1.82, 2.24) is 10.5 Å². The van der Waals surface area contributed by atoms with Gasteiger partial charge < -0.3 is 25.7 Å². The first kappa shape index (κ1) is 23.4. The van der Waals surface area contributed by atoms with Crippen molar-refractivity contribution < 1.29 is 35.3 Å². The van der Waals surface area contributed by atoms with Crippen LogP contribution in [0, 0.1) is 6.07 Å². The second-order valence-corrected chi connectivity index (χ2v) is 4.36. The van der Waals surface area contributed by atoms with E-state index in [1.807, 2.05) is 0 Å². The van der Waals surface area contributed by atoms with E-state index in [4.69, 9.17) is 16.4 Å². The first-order valence-corrected chi connectivity index (χ1v) is 6.80. The monoisotopic (exact) mass is 495 g/mol. The number of hydrogen-bond donors (Lipinski definition) is 3.